The van der Waals surface area contributed by atoms with Gasteiger partial charge < -0.3 is 14.2 Å². The van der Waals surface area contributed by atoms with Gasteiger partial charge >= 0.3 is 7.12 Å². The molecule has 108 valence electrons. The molecule has 0 N–H and O–H groups in total. The van der Waals surface area contributed by atoms with Crippen molar-refractivity contribution in [1.82, 2.24) is 0 Å². The lowest BCUT2D eigenvalue weighted by molar-refractivity contribution is 0.00578. The number of allylic oxidation sites excluding steroid dienone is 1. The van der Waals surface area contributed by atoms with Crippen molar-refractivity contribution in [3.05, 3.63) is 36.5 Å². The van der Waals surface area contributed by atoms with Crippen LogP contribution in [0, 0.1) is 0 Å². The quantitative estimate of drug-likeness (QED) is 0.790. The molecule has 1 heterocycles. The van der Waals surface area contributed by atoms with E-state index >= 15 is 0 Å². The van der Waals surface area contributed by atoms with E-state index in [-0.39, 0.29) is 18.3 Å². The fraction of sp³-hybridized carbons (Fsp3) is 0.500. The predicted molar refractivity (Wildman–Crippen MR) is 85.4 cm³/mol. The third-order valence-electron chi connectivity index (χ3n) is 4.20. The summed E-state index contributed by atoms with van der Waals surface area (Å²) in [6, 6.07) is 8.30. The van der Waals surface area contributed by atoms with Gasteiger partial charge in [-0.05, 0) is 58.4 Å². The fourth-order valence-electron chi connectivity index (χ4n) is 2.16. The lowest BCUT2D eigenvalue weighted by Crippen LogP contribution is -2.41. The van der Waals surface area contributed by atoms with Crippen LogP contribution in [0.5, 0.6) is 0 Å². The Morgan fingerprint density at radius 1 is 1.00 bits per heavy atom. The van der Waals surface area contributed by atoms with Gasteiger partial charge in [-0.15, -0.1) is 0 Å². The molecular weight excluding hydrogens is 249 g/mol. The molecule has 0 bridgehead atoms. The van der Waals surface area contributed by atoms with Crippen LogP contribution in [0.3, 0.4) is 0 Å². The highest BCUT2D eigenvalue weighted by Gasteiger charge is 2.51. The molecule has 0 aliphatic carbocycles. The molecular formula is C16H24BNO2. The summed E-state index contributed by atoms with van der Waals surface area (Å²) in [7, 11) is 1.74. The Bertz CT molecular complexity index is 478. The van der Waals surface area contributed by atoms with E-state index in [0.29, 0.717) is 0 Å². The minimum absolute atomic E-state index is 0.291. The lowest BCUT2D eigenvalue weighted by Gasteiger charge is -2.32. The van der Waals surface area contributed by atoms with Crippen LogP contribution in [0.15, 0.2) is 36.5 Å². The zero-order valence-corrected chi connectivity index (χ0v) is 13.3. The summed E-state index contributed by atoms with van der Waals surface area (Å²) in [5.41, 5.74) is 1.61. The van der Waals surface area contributed by atoms with Crippen LogP contribution in [0.25, 0.3) is 0 Å². The first-order chi connectivity index (χ1) is 9.27. The molecule has 4 heteroatoms. The summed E-state index contributed by atoms with van der Waals surface area (Å²) in [4.78, 5) is 2.08. The number of anilines is 1. The first-order valence-electron chi connectivity index (χ1n) is 7.08. The largest absolute Gasteiger partial charge is 0.494 e. The number of benzene rings is 1. The van der Waals surface area contributed by atoms with Crippen molar-refractivity contribution in [3.63, 3.8) is 0 Å². The van der Waals surface area contributed by atoms with Gasteiger partial charge in [0.25, 0.3) is 0 Å². The molecule has 3 nitrogen and oxygen atoms in total. The monoisotopic (exact) mass is 273 g/mol. The maximum absolute atomic E-state index is 6.05. The summed E-state index contributed by atoms with van der Waals surface area (Å²) in [6.07, 6.45) is 4.05. The fourth-order valence-corrected chi connectivity index (χ4v) is 2.16. The molecule has 1 saturated heterocycles. The van der Waals surface area contributed by atoms with Crippen LogP contribution in [-0.4, -0.2) is 25.4 Å². The van der Waals surface area contributed by atoms with Crippen molar-refractivity contribution < 1.29 is 9.31 Å². The Hall–Kier alpha value is -1.26. The van der Waals surface area contributed by atoms with Crippen LogP contribution in [0.1, 0.15) is 34.6 Å². The van der Waals surface area contributed by atoms with Gasteiger partial charge in [0.2, 0.25) is 0 Å². The summed E-state index contributed by atoms with van der Waals surface area (Å²) >= 11 is 0. The predicted octanol–water partition coefficient (Wildman–Crippen LogP) is 2.96. The van der Waals surface area contributed by atoms with E-state index in [0.717, 1.165) is 11.2 Å². The van der Waals surface area contributed by atoms with Gasteiger partial charge in [-0.2, -0.15) is 0 Å². The number of rotatable bonds is 3. The molecule has 1 aromatic carbocycles. The number of hydrogen-bond donors (Lipinski definition) is 0. The molecule has 2 rings (SSSR count). The van der Waals surface area contributed by atoms with E-state index in [4.69, 9.17) is 9.31 Å². The second-order valence-corrected chi connectivity index (χ2v) is 6.27. The Morgan fingerprint density at radius 3 is 1.95 bits per heavy atom. The molecule has 0 radical (unpaired) electrons. The summed E-state index contributed by atoms with van der Waals surface area (Å²) in [5.74, 6) is 0. The highest BCUT2D eigenvalue weighted by atomic mass is 16.7. The van der Waals surface area contributed by atoms with Crippen molar-refractivity contribution >= 4 is 18.3 Å². The molecule has 0 unspecified atom stereocenters. The highest BCUT2D eigenvalue weighted by Crippen LogP contribution is 2.36. The molecule has 0 atom stereocenters. The maximum atomic E-state index is 6.05. The Morgan fingerprint density at radius 2 is 1.50 bits per heavy atom. The zero-order chi connectivity index (χ0) is 15.0. The summed E-state index contributed by atoms with van der Waals surface area (Å²) < 4.78 is 12.1. The first kappa shape index (κ1) is 15.1. The molecule has 1 aliphatic rings. The molecule has 0 aromatic heterocycles. The SMILES string of the molecule is CC=CN(C)c1ccc(B2OC(C)(C)C(C)(C)O2)cc1. The van der Waals surface area contributed by atoms with E-state index < -0.39 is 0 Å². The Balaban J connectivity index is 2.16. The van der Waals surface area contributed by atoms with E-state index in [9.17, 15) is 0 Å². The number of hydrogen-bond acceptors (Lipinski definition) is 3. The van der Waals surface area contributed by atoms with Crippen LogP contribution < -0.4 is 10.4 Å². The topological polar surface area (TPSA) is 21.7 Å². The van der Waals surface area contributed by atoms with Gasteiger partial charge in [-0.25, -0.2) is 0 Å². The van der Waals surface area contributed by atoms with Crippen molar-refractivity contribution in [3.8, 4) is 0 Å². The molecule has 0 spiro atoms. The van der Waals surface area contributed by atoms with Gasteiger partial charge in [0, 0.05) is 12.7 Å². The van der Waals surface area contributed by atoms with E-state index in [1.807, 2.05) is 26.2 Å². The molecule has 0 saturated carbocycles. The van der Waals surface area contributed by atoms with Gasteiger partial charge in [0.1, 0.15) is 0 Å². The Labute approximate surface area is 122 Å². The smallest absolute Gasteiger partial charge is 0.399 e. The van der Waals surface area contributed by atoms with Crippen LogP contribution >= 0.6 is 0 Å². The van der Waals surface area contributed by atoms with Crippen molar-refractivity contribution in [1.29, 1.82) is 0 Å². The van der Waals surface area contributed by atoms with Gasteiger partial charge in [-0.3, -0.25) is 0 Å². The first-order valence-corrected chi connectivity index (χ1v) is 7.08. The lowest BCUT2D eigenvalue weighted by atomic mass is 9.79. The molecule has 20 heavy (non-hydrogen) atoms. The highest BCUT2D eigenvalue weighted by molar-refractivity contribution is 6.62. The molecule has 1 fully saturated rings. The van der Waals surface area contributed by atoms with Crippen LogP contribution in [-0.2, 0) is 9.31 Å². The van der Waals surface area contributed by atoms with Gasteiger partial charge in [-0.1, -0.05) is 18.2 Å². The zero-order valence-electron chi connectivity index (χ0n) is 13.3. The van der Waals surface area contributed by atoms with Crippen molar-refractivity contribution in [2.75, 3.05) is 11.9 Å². The average molecular weight is 273 g/mol. The minimum atomic E-state index is -0.294. The Kier molecular flexibility index (Phi) is 3.98. The van der Waals surface area contributed by atoms with Crippen LogP contribution in [0.4, 0.5) is 5.69 Å². The molecule has 1 aromatic rings. The van der Waals surface area contributed by atoms with E-state index in [1.165, 1.54) is 0 Å². The summed E-state index contributed by atoms with van der Waals surface area (Å²) in [6.45, 7) is 10.3. The third kappa shape index (κ3) is 2.77. The maximum Gasteiger partial charge on any atom is 0.494 e. The van der Waals surface area contributed by atoms with Gasteiger partial charge in [0.15, 0.2) is 0 Å². The van der Waals surface area contributed by atoms with E-state index in [2.05, 4.69) is 56.9 Å². The minimum Gasteiger partial charge on any atom is -0.399 e. The van der Waals surface area contributed by atoms with Crippen molar-refractivity contribution in [2.24, 2.45) is 0 Å². The second-order valence-electron chi connectivity index (χ2n) is 6.27. The molecule has 0 amide bonds. The number of nitrogens with zero attached hydrogens (tertiary/aromatic N) is 1. The van der Waals surface area contributed by atoms with E-state index in [1.54, 1.807) is 0 Å². The average Bonchev–Trinajstić information content (AvgIpc) is 2.59. The summed E-state index contributed by atoms with van der Waals surface area (Å²) in [5, 5.41) is 0. The third-order valence-corrected chi connectivity index (χ3v) is 4.20. The standard InChI is InChI=1S/C16H24BNO2/c1-7-12-18(6)14-10-8-13(9-11-14)17-19-15(2,3)16(4,5)20-17/h7-12H,1-6H3. The van der Waals surface area contributed by atoms with Crippen molar-refractivity contribution in [2.45, 2.75) is 45.8 Å². The normalized spacial score (nSPS) is 20.6. The molecule has 1 aliphatic heterocycles. The van der Waals surface area contributed by atoms with Crippen LogP contribution in [0.2, 0.25) is 0 Å². The second kappa shape index (κ2) is 5.26. The van der Waals surface area contributed by atoms with Gasteiger partial charge in [0.05, 0.1) is 11.2 Å².